The van der Waals surface area contributed by atoms with Crippen LogP contribution in [0.5, 0.6) is 0 Å². The number of aryl methyl sites for hydroxylation is 1. The average molecular weight is 478 g/mol. The molecular formula is C20H17F3N6O5. The Labute approximate surface area is 188 Å². The van der Waals surface area contributed by atoms with Gasteiger partial charge in [0.1, 0.15) is 12.1 Å². The van der Waals surface area contributed by atoms with Crippen molar-refractivity contribution in [2.45, 2.75) is 45.3 Å². The molecule has 178 valence electrons. The van der Waals surface area contributed by atoms with Gasteiger partial charge in [-0.25, -0.2) is 9.67 Å². The molecule has 11 nitrogen and oxygen atoms in total. The summed E-state index contributed by atoms with van der Waals surface area (Å²) in [4.78, 5) is 37.8. The van der Waals surface area contributed by atoms with Crippen molar-refractivity contribution in [3.05, 3.63) is 60.9 Å². The number of nitro groups is 2. The number of hydrogen-bond donors (Lipinski definition) is 1. The summed E-state index contributed by atoms with van der Waals surface area (Å²) < 4.78 is 42.1. The van der Waals surface area contributed by atoms with Crippen LogP contribution in [0.15, 0.2) is 18.2 Å². The van der Waals surface area contributed by atoms with Crippen LogP contribution in [0.4, 0.5) is 30.2 Å². The van der Waals surface area contributed by atoms with Gasteiger partial charge in [-0.3, -0.25) is 25.0 Å². The van der Waals surface area contributed by atoms with Gasteiger partial charge in [-0.2, -0.15) is 18.3 Å². The van der Waals surface area contributed by atoms with Gasteiger partial charge in [0.15, 0.2) is 5.65 Å². The number of rotatable bonds is 6. The molecule has 2 heterocycles. The Morgan fingerprint density at radius 3 is 2.24 bits per heavy atom. The maximum atomic E-state index is 13.7. The van der Waals surface area contributed by atoms with Crippen LogP contribution >= 0.6 is 0 Å². The summed E-state index contributed by atoms with van der Waals surface area (Å²) in [5.74, 6) is -0.888. The van der Waals surface area contributed by atoms with E-state index in [4.69, 9.17) is 0 Å². The van der Waals surface area contributed by atoms with Crippen molar-refractivity contribution in [2.75, 3.05) is 5.32 Å². The third kappa shape index (κ3) is 4.25. The highest BCUT2D eigenvalue weighted by atomic mass is 19.4. The second-order valence-corrected chi connectivity index (χ2v) is 8.01. The molecule has 0 atom stereocenters. The second-order valence-electron chi connectivity index (χ2n) is 8.01. The molecule has 1 aromatic carbocycles. The smallest absolute Gasteiger partial charge is 0.324 e. The molecule has 0 saturated heterocycles. The number of alkyl halides is 3. The van der Waals surface area contributed by atoms with Crippen molar-refractivity contribution in [3.8, 4) is 0 Å². The maximum Gasteiger partial charge on any atom is 0.417 e. The summed E-state index contributed by atoms with van der Waals surface area (Å²) in [6, 6.07) is 2.96. The molecule has 34 heavy (non-hydrogen) atoms. The summed E-state index contributed by atoms with van der Waals surface area (Å²) in [7, 11) is 0. The number of nitrogens with zero attached hydrogens (tertiary/aromatic N) is 5. The highest BCUT2D eigenvalue weighted by Gasteiger charge is 2.37. The SMILES string of the molecule is Cc1c([N+](=O)[O-])cc(NC(=O)Cn2nc(C)c3c(C(F)(F)F)cc(C4CC4)nc32)cc1[N+](=O)[O-]. The highest BCUT2D eigenvalue weighted by molar-refractivity contribution is 5.93. The Balaban J connectivity index is 1.70. The minimum atomic E-state index is -4.65. The van der Waals surface area contributed by atoms with Gasteiger partial charge < -0.3 is 5.32 Å². The van der Waals surface area contributed by atoms with Crippen LogP contribution in [-0.2, 0) is 17.5 Å². The van der Waals surface area contributed by atoms with E-state index in [0.717, 1.165) is 22.9 Å². The zero-order valence-corrected chi connectivity index (χ0v) is 17.8. The lowest BCUT2D eigenvalue weighted by Gasteiger charge is -2.11. The fourth-order valence-electron chi connectivity index (χ4n) is 3.77. The van der Waals surface area contributed by atoms with E-state index >= 15 is 0 Å². The minimum Gasteiger partial charge on any atom is -0.324 e. The summed E-state index contributed by atoms with van der Waals surface area (Å²) >= 11 is 0. The number of anilines is 1. The summed E-state index contributed by atoms with van der Waals surface area (Å²) in [6.07, 6.45) is -3.21. The number of carbonyl (C=O) groups is 1. The molecule has 4 rings (SSSR count). The van der Waals surface area contributed by atoms with Crippen LogP contribution in [0.3, 0.4) is 0 Å². The van der Waals surface area contributed by atoms with Crippen LogP contribution < -0.4 is 5.32 Å². The monoisotopic (exact) mass is 478 g/mol. The largest absolute Gasteiger partial charge is 0.417 e. The number of benzene rings is 1. The lowest BCUT2D eigenvalue weighted by molar-refractivity contribution is -0.395. The lowest BCUT2D eigenvalue weighted by Crippen LogP contribution is -2.20. The van der Waals surface area contributed by atoms with E-state index in [-0.39, 0.29) is 39.6 Å². The zero-order valence-electron chi connectivity index (χ0n) is 17.8. The molecule has 1 aliphatic rings. The van der Waals surface area contributed by atoms with Gasteiger partial charge in [-0.05, 0) is 32.8 Å². The van der Waals surface area contributed by atoms with Crippen LogP contribution in [0.2, 0.25) is 0 Å². The predicted octanol–water partition coefficient (Wildman–Crippen LogP) is 4.40. The van der Waals surface area contributed by atoms with Gasteiger partial charge in [0.25, 0.3) is 11.4 Å². The molecule has 1 fully saturated rings. The molecule has 0 radical (unpaired) electrons. The number of nitrogens with one attached hydrogen (secondary N) is 1. The van der Waals surface area contributed by atoms with Crippen LogP contribution in [0, 0.1) is 34.1 Å². The Hall–Kier alpha value is -4.10. The van der Waals surface area contributed by atoms with Crippen LogP contribution in [0.25, 0.3) is 11.0 Å². The molecule has 3 aromatic rings. The Morgan fingerprint density at radius 2 is 1.74 bits per heavy atom. The summed E-state index contributed by atoms with van der Waals surface area (Å²) in [5.41, 5.74) is -2.19. The molecule has 2 aromatic heterocycles. The van der Waals surface area contributed by atoms with Gasteiger partial charge in [0.05, 0.1) is 32.2 Å². The fraction of sp³-hybridized carbons (Fsp3) is 0.350. The number of amides is 1. The Kier molecular flexibility index (Phi) is 5.45. The molecule has 0 spiro atoms. The van der Waals surface area contributed by atoms with E-state index in [2.05, 4.69) is 15.4 Å². The molecule has 0 aliphatic heterocycles. The Morgan fingerprint density at radius 1 is 1.15 bits per heavy atom. The normalized spacial score (nSPS) is 13.8. The molecule has 1 amide bonds. The number of fused-ring (bicyclic) bond motifs is 1. The third-order valence-electron chi connectivity index (χ3n) is 5.52. The van der Waals surface area contributed by atoms with Crippen LogP contribution in [-0.4, -0.2) is 30.5 Å². The maximum absolute atomic E-state index is 13.7. The molecule has 1 saturated carbocycles. The van der Waals surface area contributed by atoms with Crippen LogP contribution in [0.1, 0.15) is 41.3 Å². The molecule has 1 aliphatic carbocycles. The fourth-order valence-corrected chi connectivity index (χ4v) is 3.77. The summed E-state index contributed by atoms with van der Waals surface area (Å²) in [5, 5.41) is 28.6. The van der Waals surface area contributed by atoms with Gasteiger partial charge >= 0.3 is 6.18 Å². The Bertz CT molecular complexity index is 1330. The van der Waals surface area contributed by atoms with Crippen molar-refractivity contribution >= 4 is 34.0 Å². The van der Waals surface area contributed by atoms with Crippen molar-refractivity contribution in [1.82, 2.24) is 14.8 Å². The number of hydrogen-bond acceptors (Lipinski definition) is 7. The minimum absolute atomic E-state index is 0.0339. The highest BCUT2D eigenvalue weighted by Crippen LogP contribution is 2.43. The van der Waals surface area contributed by atoms with Gasteiger partial charge in [-0.1, -0.05) is 0 Å². The van der Waals surface area contributed by atoms with E-state index in [1.54, 1.807) is 0 Å². The van der Waals surface area contributed by atoms with Gasteiger partial charge in [0.2, 0.25) is 5.91 Å². The van der Waals surface area contributed by atoms with E-state index in [1.165, 1.54) is 13.8 Å². The third-order valence-corrected chi connectivity index (χ3v) is 5.52. The van der Waals surface area contributed by atoms with Crippen molar-refractivity contribution < 1.29 is 27.8 Å². The topological polar surface area (TPSA) is 146 Å². The van der Waals surface area contributed by atoms with E-state index in [0.29, 0.717) is 12.8 Å². The molecule has 1 N–H and O–H groups in total. The second kappa shape index (κ2) is 8.04. The average Bonchev–Trinajstić information content (AvgIpc) is 3.53. The predicted molar refractivity (Wildman–Crippen MR) is 112 cm³/mol. The first kappa shape index (κ1) is 23.1. The van der Waals surface area contributed by atoms with Gasteiger partial charge in [-0.15, -0.1) is 0 Å². The van der Waals surface area contributed by atoms with Crippen molar-refractivity contribution in [2.24, 2.45) is 0 Å². The summed E-state index contributed by atoms with van der Waals surface area (Å²) in [6.45, 7) is 2.03. The van der Waals surface area contributed by atoms with Crippen molar-refractivity contribution in [1.29, 1.82) is 0 Å². The standard InChI is InChI=1S/C20H17F3N6O5/c1-9-15(28(31)32)5-12(6-16(9)29(33)34)24-17(30)8-27-19-18(10(2)26-27)13(20(21,22)23)7-14(25-19)11-3-4-11/h5-7,11H,3-4,8H2,1-2H3,(H,24,30). The molecule has 14 heteroatoms. The van der Waals surface area contributed by atoms with Crippen molar-refractivity contribution in [3.63, 3.8) is 0 Å². The number of pyridine rings is 1. The zero-order chi connectivity index (χ0) is 24.9. The van der Waals surface area contributed by atoms with E-state index in [9.17, 15) is 38.2 Å². The van der Waals surface area contributed by atoms with Gasteiger partial charge in [0, 0.05) is 23.7 Å². The quantitative estimate of drug-likeness (QED) is 0.408. The number of halogens is 3. The number of nitro benzene ring substituents is 2. The lowest BCUT2D eigenvalue weighted by atomic mass is 10.1. The van der Waals surface area contributed by atoms with E-state index < -0.39 is 45.4 Å². The van der Waals surface area contributed by atoms with E-state index in [1.807, 2.05) is 0 Å². The first-order valence-corrected chi connectivity index (χ1v) is 10.1. The molecule has 0 unspecified atom stereocenters. The first-order valence-electron chi connectivity index (χ1n) is 10.1. The molecular weight excluding hydrogens is 461 g/mol. The number of aromatic nitrogens is 3. The first-order chi connectivity index (χ1) is 15.9. The number of carbonyl (C=O) groups excluding carboxylic acids is 1. The molecule has 0 bridgehead atoms.